The summed E-state index contributed by atoms with van der Waals surface area (Å²) in [7, 11) is -3.49. The summed E-state index contributed by atoms with van der Waals surface area (Å²) in [5, 5.41) is 0.884. The Morgan fingerprint density at radius 1 is 1.17 bits per heavy atom. The Morgan fingerprint density at radius 3 is 2.63 bits per heavy atom. The minimum atomic E-state index is -3.49. The highest BCUT2D eigenvalue weighted by atomic mass is 35.5. The van der Waals surface area contributed by atoms with Crippen molar-refractivity contribution < 1.29 is 17.9 Å². The largest absolute Gasteiger partial charge is 0.461 e. The zero-order valence-corrected chi connectivity index (χ0v) is 20.3. The van der Waals surface area contributed by atoms with Crippen LogP contribution in [-0.2, 0) is 21.3 Å². The van der Waals surface area contributed by atoms with Gasteiger partial charge in [0.15, 0.2) is 0 Å². The molecule has 0 aliphatic carbocycles. The summed E-state index contributed by atoms with van der Waals surface area (Å²) in [5.41, 5.74) is 0.654. The lowest BCUT2D eigenvalue weighted by Crippen LogP contribution is -2.23. The Hall–Kier alpha value is -3.83. The lowest BCUT2D eigenvalue weighted by Gasteiger charge is -2.13. The van der Waals surface area contributed by atoms with Crippen molar-refractivity contribution in [3.63, 3.8) is 0 Å². The number of benzene rings is 2. The molecule has 0 saturated carbocycles. The SMILES string of the molecule is CCOC(=O)c1c(-c2c[nH]c(=O)[nH]c2=O)c2cc(Cl)ccc2n1Cc1cccc(NS(C)(=O)=O)c1. The van der Waals surface area contributed by atoms with E-state index in [1.54, 1.807) is 54.0 Å². The van der Waals surface area contributed by atoms with Crippen LogP contribution in [0.5, 0.6) is 0 Å². The molecule has 2 aromatic carbocycles. The van der Waals surface area contributed by atoms with Gasteiger partial charge in [-0.1, -0.05) is 23.7 Å². The minimum Gasteiger partial charge on any atom is -0.461 e. The fraction of sp³-hybridized carbons (Fsp3) is 0.174. The molecular weight excluding hydrogens is 496 g/mol. The molecule has 4 rings (SSSR count). The molecule has 0 saturated heterocycles. The highest BCUT2D eigenvalue weighted by Gasteiger charge is 2.27. The van der Waals surface area contributed by atoms with Crippen molar-refractivity contribution in [2.75, 3.05) is 17.6 Å². The number of fused-ring (bicyclic) bond motifs is 1. The summed E-state index contributed by atoms with van der Waals surface area (Å²) in [6.45, 7) is 1.90. The molecule has 3 N–H and O–H groups in total. The normalized spacial score (nSPS) is 11.5. The van der Waals surface area contributed by atoms with Gasteiger partial charge in [0, 0.05) is 39.9 Å². The fourth-order valence-electron chi connectivity index (χ4n) is 3.90. The van der Waals surface area contributed by atoms with E-state index in [1.165, 1.54) is 6.20 Å². The number of ether oxygens (including phenoxy) is 1. The van der Waals surface area contributed by atoms with Gasteiger partial charge in [0.2, 0.25) is 10.0 Å². The summed E-state index contributed by atoms with van der Waals surface area (Å²) >= 11 is 6.25. The predicted molar refractivity (Wildman–Crippen MR) is 134 cm³/mol. The number of halogens is 1. The number of nitrogens with zero attached hydrogens (tertiary/aromatic N) is 1. The van der Waals surface area contributed by atoms with Gasteiger partial charge in [0.25, 0.3) is 5.56 Å². The average Bonchev–Trinajstić information content (AvgIpc) is 3.06. The van der Waals surface area contributed by atoms with E-state index in [0.29, 0.717) is 27.2 Å². The molecule has 0 bridgehead atoms. The van der Waals surface area contributed by atoms with Crippen LogP contribution in [0.3, 0.4) is 0 Å². The second-order valence-corrected chi connectivity index (χ2v) is 9.94. The summed E-state index contributed by atoms with van der Waals surface area (Å²) < 4.78 is 32.7. The zero-order valence-electron chi connectivity index (χ0n) is 18.7. The molecule has 0 fully saturated rings. The van der Waals surface area contributed by atoms with Gasteiger partial charge in [-0.15, -0.1) is 0 Å². The molecule has 4 aromatic rings. The first-order valence-corrected chi connectivity index (χ1v) is 12.7. The third-order valence-corrected chi connectivity index (χ3v) is 6.00. The number of aromatic amines is 2. The van der Waals surface area contributed by atoms with Crippen LogP contribution in [0.15, 0.2) is 58.3 Å². The van der Waals surface area contributed by atoms with E-state index >= 15 is 0 Å². The van der Waals surface area contributed by atoms with Gasteiger partial charge in [0.1, 0.15) is 5.69 Å². The lowest BCUT2D eigenvalue weighted by atomic mass is 10.0. The number of anilines is 1. The molecule has 0 amide bonds. The molecule has 0 aliphatic rings. The average molecular weight is 517 g/mol. The maximum atomic E-state index is 13.2. The van der Waals surface area contributed by atoms with Crippen LogP contribution < -0.4 is 16.0 Å². The summed E-state index contributed by atoms with van der Waals surface area (Å²) in [6.07, 6.45) is 2.29. The Morgan fingerprint density at radius 2 is 1.94 bits per heavy atom. The molecule has 0 atom stereocenters. The third kappa shape index (κ3) is 5.15. The van der Waals surface area contributed by atoms with Crippen molar-refractivity contribution in [2.24, 2.45) is 0 Å². The number of esters is 1. The van der Waals surface area contributed by atoms with Crippen LogP contribution in [0.25, 0.3) is 22.0 Å². The van der Waals surface area contributed by atoms with E-state index in [0.717, 1.165) is 6.26 Å². The molecular formula is C23H21ClN4O6S. The first-order valence-electron chi connectivity index (χ1n) is 10.5. The second kappa shape index (κ2) is 9.43. The number of carbonyl (C=O) groups is 1. The van der Waals surface area contributed by atoms with Gasteiger partial charge in [-0.3, -0.25) is 14.5 Å². The monoisotopic (exact) mass is 516 g/mol. The molecule has 2 aromatic heterocycles. The summed E-state index contributed by atoms with van der Waals surface area (Å²) in [5.74, 6) is -0.675. The molecule has 35 heavy (non-hydrogen) atoms. The Kier molecular flexibility index (Phi) is 6.55. The van der Waals surface area contributed by atoms with Gasteiger partial charge < -0.3 is 14.3 Å². The number of hydrogen-bond donors (Lipinski definition) is 3. The quantitative estimate of drug-likeness (QED) is 0.322. The van der Waals surface area contributed by atoms with E-state index in [4.69, 9.17) is 16.3 Å². The maximum Gasteiger partial charge on any atom is 0.355 e. The molecule has 182 valence electrons. The van der Waals surface area contributed by atoms with E-state index in [9.17, 15) is 22.8 Å². The van der Waals surface area contributed by atoms with Gasteiger partial charge in [-0.2, -0.15) is 0 Å². The molecule has 10 nitrogen and oxygen atoms in total. The molecule has 0 aliphatic heterocycles. The number of carbonyl (C=O) groups excluding carboxylic acids is 1. The summed E-state index contributed by atoms with van der Waals surface area (Å²) in [6, 6.07) is 11.7. The van der Waals surface area contributed by atoms with E-state index in [2.05, 4.69) is 14.7 Å². The Balaban J connectivity index is 2.00. The first-order chi connectivity index (χ1) is 16.6. The molecule has 0 radical (unpaired) electrons. The van der Waals surface area contributed by atoms with Crippen LogP contribution in [0.4, 0.5) is 5.69 Å². The van der Waals surface area contributed by atoms with Gasteiger partial charge in [-0.25, -0.2) is 18.0 Å². The number of nitrogens with one attached hydrogen (secondary N) is 3. The highest BCUT2D eigenvalue weighted by molar-refractivity contribution is 7.92. The zero-order chi connectivity index (χ0) is 25.3. The molecule has 0 spiro atoms. The topological polar surface area (TPSA) is 143 Å². The van der Waals surface area contributed by atoms with Crippen molar-refractivity contribution in [3.8, 4) is 11.1 Å². The van der Waals surface area contributed by atoms with Crippen molar-refractivity contribution in [1.29, 1.82) is 0 Å². The number of H-pyrrole nitrogens is 2. The maximum absolute atomic E-state index is 13.2. The second-order valence-electron chi connectivity index (χ2n) is 7.75. The van der Waals surface area contributed by atoms with Crippen LogP contribution in [0, 0.1) is 0 Å². The van der Waals surface area contributed by atoms with Gasteiger partial charge in [-0.05, 0) is 42.8 Å². The number of hydrogen-bond acceptors (Lipinski definition) is 6. The van der Waals surface area contributed by atoms with Crippen molar-refractivity contribution in [2.45, 2.75) is 13.5 Å². The minimum absolute atomic E-state index is 0.0613. The van der Waals surface area contributed by atoms with Crippen LogP contribution in [-0.4, -0.2) is 41.8 Å². The summed E-state index contributed by atoms with van der Waals surface area (Å²) in [4.78, 5) is 42.1. The van der Waals surface area contributed by atoms with Gasteiger partial charge in [0.05, 0.1) is 18.4 Å². The Bertz CT molecular complexity index is 1670. The van der Waals surface area contributed by atoms with Crippen molar-refractivity contribution >= 4 is 44.2 Å². The highest BCUT2D eigenvalue weighted by Crippen LogP contribution is 2.36. The van der Waals surface area contributed by atoms with Crippen LogP contribution >= 0.6 is 11.6 Å². The predicted octanol–water partition coefficient (Wildman–Crippen LogP) is 2.93. The molecule has 12 heteroatoms. The first kappa shape index (κ1) is 24.3. The van der Waals surface area contributed by atoms with Crippen molar-refractivity contribution in [3.05, 3.63) is 85.8 Å². The van der Waals surface area contributed by atoms with Gasteiger partial charge >= 0.3 is 11.7 Å². The van der Waals surface area contributed by atoms with E-state index in [1.807, 2.05) is 0 Å². The fourth-order valence-corrected chi connectivity index (χ4v) is 4.63. The van der Waals surface area contributed by atoms with E-state index < -0.39 is 27.2 Å². The Labute approximate surface area is 204 Å². The lowest BCUT2D eigenvalue weighted by molar-refractivity contribution is 0.0516. The van der Waals surface area contributed by atoms with Crippen molar-refractivity contribution in [1.82, 2.24) is 14.5 Å². The smallest absolute Gasteiger partial charge is 0.355 e. The van der Waals surface area contributed by atoms with E-state index in [-0.39, 0.29) is 30.0 Å². The standard InChI is InChI=1S/C23H21ClN4O6S/c1-3-34-22(30)20-19(17-11-25-23(31)26-21(17)29)16-10-14(24)7-8-18(16)28(20)12-13-5-4-6-15(9-13)27-35(2,32)33/h4-11,27H,3,12H2,1-2H3,(H2,25,26,29,31). The molecule has 0 unspecified atom stereocenters. The number of sulfonamides is 1. The molecule has 2 heterocycles. The van der Waals surface area contributed by atoms with Crippen LogP contribution in [0.2, 0.25) is 5.02 Å². The number of aromatic nitrogens is 3. The third-order valence-electron chi connectivity index (χ3n) is 5.15. The number of rotatable bonds is 7. The van der Waals surface area contributed by atoms with Crippen LogP contribution in [0.1, 0.15) is 23.0 Å².